The lowest BCUT2D eigenvalue weighted by molar-refractivity contribution is -0.196. The van der Waals surface area contributed by atoms with E-state index in [1.165, 1.54) is 13.8 Å². The molecule has 0 N–H and O–H groups in total. The second-order valence-electron chi connectivity index (χ2n) is 5.79. The van der Waals surface area contributed by atoms with Crippen LogP contribution in [0.1, 0.15) is 39.5 Å². The summed E-state index contributed by atoms with van der Waals surface area (Å²) in [7, 11) is 0. The molecule has 144 valence electrons. The summed E-state index contributed by atoms with van der Waals surface area (Å²) in [6.07, 6.45) is 2.12. The van der Waals surface area contributed by atoms with Gasteiger partial charge >= 0.3 is 23.9 Å². The van der Waals surface area contributed by atoms with E-state index in [0.717, 1.165) is 25.0 Å². The van der Waals surface area contributed by atoms with Gasteiger partial charge in [-0.05, 0) is 12.8 Å². The first kappa shape index (κ1) is 21.4. The summed E-state index contributed by atoms with van der Waals surface area (Å²) in [6.45, 7) is 9.30. The van der Waals surface area contributed by atoms with Gasteiger partial charge in [0.05, 0.1) is 11.8 Å². The molecule has 1 aliphatic rings. The zero-order chi connectivity index (χ0) is 19.7. The molecule has 0 aliphatic heterocycles. The SMILES string of the molecule is C=CC(=O)OC(C)OC(=O)C1CCCCC1C(=O)OC(C)OC(=O)C=C. The quantitative estimate of drug-likeness (QED) is 0.364. The third-order valence-corrected chi connectivity index (χ3v) is 3.83. The Bertz CT molecular complexity index is 518. The van der Waals surface area contributed by atoms with Gasteiger partial charge in [0.25, 0.3) is 0 Å². The molecule has 1 fully saturated rings. The highest BCUT2D eigenvalue weighted by Gasteiger charge is 2.39. The first-order chi connectivity index (χ1) is 12.3. The van der Waals surface area contributed by atoms with E-state index in [9.17, 15) is 19.2 Å². The van der Waals surface area contributed by atoms with Crippen molar-refractivity contribution in [3.63, 3.8) is 0 Å². The molecule has 0 aromatic heterocycles. The fourth-order valence-corrected chi connectivity index (χ4v) is 2.67. The lowest BCUT2D eigenvalue weighted by Gasteiger charge is -2.29. The Morgan fingerprint density at radius 1 is 0.769 bits per heavy atom. The van der Waals surface area contributed by atoms with E-state index in [2.05, 4.69) is 13.2 Å². The fraction of sp³-hybridized carbons (Fsp3) is 0.556. The first-order valence-electron chi connectivity index (χ1n) is 8.35. The van der Waals surface area contributed by atoms with Crippen LogP contribution in [-0.4, -0.2) is 36.5 Å². The monoisotopic (exact) mass is 368 g/mol. The highest BCUT2D eigenvalue weighted by Crippen LogP contribution is 2.32. The van der Waals surface area contributed by atoms with E-state index in [4.69, 9.17) is 18.9 Å². The molecule has 8 nitrogen and oxygen atoms in total. The molecule has 1 saturated carbocycles. The van der Waals surface area contributed by atoms with Gasteiger partial charge in [0.2, 0.25) is 12.6 Å². The highest BCUT2D eigenvalue weighted by molar-refractivity contribution is 5.84. The summed E-state index contributed by atoms with van der Waals surface area (Å²) < 4.78 is 19.8. The minimum atomic E-state index is -1.10. The summed E-state index contributed by atoms with van der Waals surface area (Å²) in [5.41, 5.74) is 0. The van der Waals surface area contributed by atoms with Crippen LogP contribution < -0.4 is 0 Å². The Morgan fingerprint density at radius 2 is 1.12 bits per heavy atom. The van der Waals surface area contributed by atoms with Crippen LogP contribution in [0.2, 0.25) is 0 Å². The second kappa shape index (κ2) is 10.4. The first-order valence-corrected chi connectivity index (χ1v) is 8.35. The van der Waals surface area contributed by atoms with Crippen LogP contribution in [0.4, 0.5) is 0 Å². The molecule has 8 heteroatoms. The lowest BCUT2D eigenvalue weighted by Crippen LogP contribution is -2.38. The average molecular weight is 368 g/mol. The van der Waals surface area contributed by atoms with Gasteiger partial charge in [-0.2, -0.15) is 0 Å². The molecular weight excluding hydrogens is 344 g/mol. The lowest BCUT2D eigenvalue weighted by atomic mass is 9.79. The van der Waals surface area contributed by atoms with Gasteiger partial charge in [0, 0.05) is 26.0 Å². The summed E-state index contributed by atoms with van der Waals surface area (Å²) in [5.74, 6) is -4.17. The molecule has 0 aromatic carbocycles. The Kier molecular flexibility index (Phi) is 8.54. The van der Waals surface area contributed by atoms with Crippen molar-refractivity contribution in [3.8, 4) is 0 Å². The number of esters is 4. The molecule has 0 spiro atoms. The molecule has 1 aliphatic carbocycles. The van der Waals surface area contributed by atoms with Crippen molar-refractivity contribution < 1.29 is 38.1 Å². The smallest absolute Gasteiger partial charge is 0.333 e. The zero-order valence-electron chi connectivity index (χ0n) is 15.0. The van der Waals surface area contributed by atoms with Crippen molar-refractivity contribution >= 4 is 23.9 Å². The number of carbonyl (C=O) groups excluding carboxylic acids is 4. The van der Waals surface area contributed by atoms with Gasteiger partial charge in [-0.25, -0.2) is 9.59 Å². The van der Waals surface area contributed by atoms with E-state index in [1.807, 2.05) is 0 Å². The van der Waals surface area contributed by atoms with Gasteiger partial charge in [-0.15, -0.1) is 0 Å². The van der Waals surface area contributed by atoms with Crippen molar-refractivity contribution in [1.82, 2.24) is 0 Å². The van der Waals surface area contributed by atoms with E-state index in [1.54, 1.807) is 0 Å². The molecule has 1 rings (SSSR count). The number of carbonyl (C=O) groups is 4. The minimum absolute atomic E-state index is 0.446. The molecule has 0 bridgehead atoms. The molecule has 0 amide bonds. The Hall–Kier alpha value is -2.64. The number of rotatable bonds is 8. The minimum Gasteiger partial charge on any atom is -0.425 e. The molecular formula is C18H24O8. The number of hydrogen-bond acceptors (Lipinski definition) is 8. The Morgan fingerprint density at radius 3 is 1.42 bits per heavy atom. The van der Waals surface area contributed by atoms with Crippen molar-refractivity contribution in [2.24, 2.45) is 11.8 Å². The molecule has 4 unspecified atom stereocenters. The third kappa shape index (κ3) is 6.70. The third-order valence-electron chi connectivity index (χ3n) is 3.83. The van der Waals surface area contributed by atoms with Crippen LogP contribution >= 0.6 is 0 Å². The van der Waals surface area contributed by atoms with E-state index in [-0.39, 0.29) is 0 Å². The zero-order valence-corrected chi connectivity index (χ0v) is 15.0. The molecule has 0 aromatic rings. The second-order valence-corrected chi connectivity index (χ2v) is 5.79. The van der Waals surface area contributed by atoms with Crippen molar-refractivity contribution in [1.29, 1.82) is 0 Å². The largest absolute Gasteiger partial charge is 0.425 e. The maximum atomic E-state index is 12.4. The maximum absolute atomic E-state index is 12.4. The molecule has 0 heterocycles. The Labute approximate surface area is 152 Å². The van der Waals surface area contributed by atoms with Crippen molar-refractivity contribution in [2.75, 3.05) is 0 Å². The van der Waals surface area contributed by atoms with Gasteiger partial charge in [0.15, 0.2) is 0 Å². The molecule has 0 saturated heterocycles. The predicted molar refractivity (Wildman–Crippen MR) is 89.1 cm³/mol. The molecule has 26 heavy (non-hydrogen) atoms. The summed E-state index contributed by atoms with van der Waals surface area (Å²) in [6, 6.07) is 0. The molecule has 4 atom stereocenters. The summed E-state index contributed by atoms with van der Waals surface area (Å²) >= 11 is 0. The van der Waals surface area contributed by atoms with Crippen LogP contribution in [0.3, 0.4) is 0 Å². The van der Waals surface area contributed by atoms with Gasteiger partial charge < -0.3 is 18.9 Å². The van der Waals surface area contributed by atoms with E-state index < -0.39 is 48.3 Å². The summed E-state index contributed by atoms with van der Waals surface area (Å²) in [4.78, 5) is 47.0. The normalized spacial score (nSPS) is 21.5. The predicted octanol–water partition coefficient (Wildman–Crippen LogP) is 2.03. The average Bonchev–Trinajstić information content (AvgIpc) is 2.60. The van der Waals surface area contributed by atoms with Crippen molar-refractivity contribution in [2.45, 2.75) is 52.1 Å². The standard InChI is InChI=1S/C18H24O8/c1-5-15(19)23-11(3)25-17(21)13-9-7-8-10-14(13)18(22)26-12(4)24-16(20)6-2/h5-6,11-14H,1-2,7-10H2,3-4H3. The fourth-order valence-electron chi connectivity index (χ4n) is 2.67. The van der Waals surface area contributed by atoms with Crippen LogP contribution in [0.15, 0.2) is 25.3 Å². The van der Waals surface area contributed by atoms with Crippen LogP contribution in [0, 0.1) is 11.8 Å². The van der Waals surface area contributed by atoms with Crippen LogP contribution in [0.25, 0.3) is 0 Å². The molecule has 0 radical (unpaired) electrons. The number of hydrogen-bond donors (Lipinski definition) is 0. The Balaban J connectivity index is 2.67. The van der Waals surface area contributed by atoms with Gasteiger partial charge in [0.1, 0.15) is 0 Å². The highest BCUT2D eigenvalue weighted by atomic mass is 16.7. The van der Waals surface area contributed by atoms with Gasteiger partial charge in [-0.1, -0.05) is 26.0 Å². The topological polar surface area (TPSA) is 105 Å². The van der Waals surface area contributed by atoms with Crippen molar-refractivity contribution in [3.05, 3.63) is 25.3 Å². The maximum Gasteiger partial charge on any atom is 0.333 e. The van der Waals surface area contributed by atoms with Crippen LogP contribution in [-0.2, 0) is 38.1 Å². The van der Waals surface area contributed by atoms with Crippen LogP contribution in [0.5, 0.6) is 0 Å². The summed E-state index contributed by atoms with van der Waals surface area (Å²) in [5, 5.41) is 0. The van der Waals surface area contributed by atoms with Gasteiger partial charge in [-0.3, -0.25) is 9.59 Å². The van der Waals surface area contributed by atoms with E-state index >= 15 is 0 Å². The number of ether oxygens (including phenoxy) is 4. The van der Waals surface area contributed by atoms with E-state index in [0.29, 0.717) is 12.8 Å².